The molecule has 1 aromatic heterocycles. The van der Waals surface area contributed by atoms with Crippen LogP contribution in [0.4, 0.5) is 0 Å². The lowest BCUT2D eigenvalue weighted by Crippen LogP contribution is -2.37. The molecule has 0 bridgehead atoms. The molecule has 2 aromatic carbocycles. The molecule has 1 atom stereocenters. The lowest BCUT2D eigenvalue weighted by atomic mass is 10.0. The second-order valence-electron chi connectivity index (χ2n) is 6.43. The van der Waals surface area contributed by atoms with Crippen LogP contribution in [0, 0.1) is 0 Å². The molecule has 0 spiro atoms. The van der Waals surface area contributed by atoms with Crippen LogP contribution in [0.5, 0.6) is 5.75 Å². The topological polar surface area (TPSA) is 34.6 Å². The summed E-state index contributed by atoms with van der Waals surface area (Å²) >= 11 is 0. The minimum atomic E-state index is 0.108. The number of nitrogens with zero attached hydrogens (tertiary/aromatic N) is 2. The van der Waals surface area contributed by atoms with Crippen molar-refractivity contribution in [2.75, 3.05) is 26.8 Å². The van der Waals surface area contributed by atoms with Gasteiger partial charge in [-0.1, -0.05) is 24.3 Å². The summed E-state index contributed by atoms with van der Waals surface area (Å²) in [6, 6.07) is 16.8. The zero-order chi connectivity index (χ0) is 17.1. The summed E-state index contributed by atoms with van der Waals surface area (Å²) in [5.41, 5.74) is 2.47. The minimum Gasteiger partial charge on any atom is -0.497 e. The van der Waals surface area contributed by atoms with Crippen LogP contribution in [-0.4, -0.2) is 36.7 Å². The van der Waals surface area contributed by atoms with E-state index in [-0.39, 0.29) is 6.10 Å². The summed E-state index contributed by atoms with van der Waals surface area (Å²) < 4.78 is 11.3. The molecule has 0 unspecified atom stereocenters. The quantitative estimate of drug-likeness (QED) is 0.726. The van der Waals surface area contributed by atoms with Crippen LogP contribution in [0.2, 0.25) is 0 Å². The van der Waals surface area contributed by atoms with E-state index in [1.165, 1.54) is 21.9 Å². The number of pyridine rings is 1. The maximum absolute atomic E-state index is 6.04. The molecule has 0 aliphatic carbocycles. The van der Waals surface area contributed by atoms with E-state index in [4.69, 9.17) is 9.47 Å². The lowest BCUT2D eigenvalue weighted by Gasteiger charge is -2.33. The van der Waals surface area contributed by atoms with Crippen LogP contribution in [0.25, 0.3) is 10.8 Å². The summed E-state index contributed by atoms with van der Waals surface area (Å²) in [6.07, 6.45) is 3.86. The molecule has 4 heteroatoms. The Labute approximate surface area is 148 Å². The largest absolute Gasteiger partial charge is 0.497 e. The van der Waals surface area contributed by atoms with Crippen molar-refractivity contribution in [3.8, 4) is 5.75 Å². The van der Waals surface area contributed by atoms with Gasteiger partial charge in [-0.3, -0.25) is 9.88 Å². The molecule has 0 saturated carbocycles. The van der Waals surface area contributed by atoms with Gasteiger partial charge in [-0.2, -0.15) is 0 Å². The number of rotatable bonds is 4. The summed E-state index contributed by atoms with van der Waals surface area (Å²) in [4.78, 5) is 6.64. The predicted molar refractivity (Wildman–Crippen MR) is 98.7 cm³/mol. The molecule has 3 aromatic rings. The first kappa shape index (κ1) is 16.1. The number of hydrogen-bond donors (Lipinski definition) is 0. The Balaban J connectivity index is 1.51. The second kappa shape index (κ2) is 7.21. The van der Waals surface area contributed by atoms with Gasteiger partial charge in [0.25, 0.3) is 0 Å². The van der Waals surface area contributed by atoms with E-state index < -0.39 is 0 Å². The van der Waals surface area contributed by atoms with E-state index in [2.05, 4.69) is 46.3 Å². The number of morpholine rings is 1. The van der Waals surface area contributed by atoms with Gasteiger partial charge < -0.3 is 9.47 Å². The van der Waals surface area contributed by atoms with Crippen LogP contribution in [0.1, 0.15) is 17.2 Å². The van der Waals surface area contributed by atoms with Crippen molar-refractivity contribution in [1.82, 2.24) is 9.88 Å². The van der Waals surface area contributed by atoms with Gasteiger partial charge in [0.2, 0.25) is 0 Å². The third kappa shape index (κ3) is 3.65. The molecular formula is C21H22N2O2. The van der Waals surface area contributed by atoms with Crippen molar-refractivity contribution in [2.45, 2.75) is 12.6 Å². The fraction of sp³-hybridized carbons (Fsp3) is 0.286. The molecule has 1 saturated heterocycles. The highest BCUT2D eigenvalue weighted by atomic mass is 16.5. The number of benzene rings is 2. The smallest absolute Gasteiger partial charge is 0.119 e. The average Bonchev–Trinajstić information content (AvgIpc) is 2.68. The number of fused-ring (bicyclic) bond motifs is 1. The van der Waals surface area contributed by atoms with Gasteiger partial charge >= 0.3 is 0 Å². The Hall–Kier alpha value is -2.43. The first-order valence-electron chi connectivity index (χ1n) is 8.62. The Morgan fingerprint density at radius 1 is 1.16 bits per heavy atom. The molecule has 2 heterocycles. The van der Waals surface area contributed by atoms with Crippen molar-refractivity contribution in [1.29, 1.82) is 0 Å². The highest BCUT2D eigenvalue weighted by Crippen LogP contribution is 2.28. The normalized spacial score (nSPS) is 18.4. The van der Waals surface area contributed by atoms with E-state index >= 15 is 0 Å². The van der Waals surface area contributed by atoms with Crippen LogP contribution in [0.3, 0.4) is 0 Å². The maximum Gasteiger partial charge on any atom is 0.119 e. The monoisotopic (exact) mass is 334 g/mol. The Bertz CT molecular complexity index is 851. The summed E-state index contributed by atoms with van der Waals surface area (Å²) in [7, 11) is 1.70. The van der Waals surface area contributed by atoms with Crippen molar-refractivity contribution in [2.24, 2.45) is 0 Å². The zero-order valence-electron chi connectivity index (χ0n) is 14.4. The van der Waals surface area contributed by atoms with Gasteiger partial charge in [-0.15, -0.1) is 0 Å². The molecule has 1 aliphatic rings. The lowest BCUT2D eigenvalue weighted by molar-refractivity contribution is -0.0328. The first-order chi connectivity index (χ1) is 12.3. The molecule has 25 heavy (non-hydrogen) atoms. The van der Waals surface area contributed by atoms with Gasteiger partial charge in [0.15, 0.2) is 0 Å². The summed E-state index contributed by atoms with van der Waals surface area (Å²) in [6.45, 7) is 3.52. The third-order valence-corrected chi connectivity index (χ3v) is 4.72. The Morgan fingerprint density at radius 3 is 2.88 bits per heavy atom. The fourth-order valence-corrected chi connectivity index (χ4v) is 3.37. The molecule has 1 aliphatic heterocycles. The van der Waals surface area contributed by atoms with E-state index in [1.807, 2.05) is 24.5 Å². The number of aromatic nitrogens is 1. The minimum absolute atomic E-state index is 0.108. The molecule has 1 fully saturated rings. The van der Waals surface area contributed by atoms with Gasteiger partial charge in [0, 0.05) is 32.0 Å². The molecular weight excluding hydrogens is 312 g/mol. The number of hydrogen-bond acceptors (Lipinski definition) is 4. The van der Waals surface area contributed by atoms with Crippen LogP contribution in [-0.2, 0) is 11.3 Å². The van der Waals surface area contributed by atoms with Gasteiger partial charge in [-0.25, -0.2) is 0 Å². The van der Waals surface area contributed by atoms with Crippen molar-refractivity contribution in [3.63, 3.8) is 0 Å². The second-order valence-corrected chi connectivity index (χ2v) is 6.43. The van der Waals surface area contributed by atoms with E-state index in [0.717, 1.165) is 32.0 Å². The van der Waals surface area contributed by atoms with Crippen LogP contribution < -0.4 is 4.74 Å². The van der Waals surface area contributed by atoms with Crippen molar-refractivity contribution >= 4 is 10.8 Å². The summed E-state index contributed by atoms with van der Waals surface area (Å²) in [5, 5.41) is 2.40. The molecule has 4 rings (SSSR count). The number of ether oxygens (including phenoxy) is 2. The summed E-state index contributed by atoms with van der Waals surface area (Å²) in [5.74, 6) is 0.886. The van der Waals surface area contributed by atoms with Gasteiger partial charge in [-0.05, 0) is 46.2 Å². The number of methoxy groups -OCH3 is 1. The SMILES string of the molecule is COc1ccc2cc([C@@H]3CN(Cc4cccnc4)CCO3)ccc2c1. The Kier molecular flexibility index (Phi) is 4.63. The zero-order valence-corrected chi connectivity index (χ0v) is 14.4. The third-order valence-electron chi connectivity index (χ3n) is 4.72. The molecule has 0 radical (unpaired) electrons. The highest BCUT2D eigenvalue weighted by molar-refractivity contribution is 5.84. The van der Waals surface area contributed by atoms with Crippen LogP contribution in [0.15, 0.2) is 60.9 Å². The van der Waals surface area contributed by atoms with Gasteiger partial charge in [0.05, 0.1) is 19.8 Å². The van der Waals surface area contributed by atoms with Crippen molar-refractivity contribution < 1.29 is 9.47 Å². The van der Waals surface area contributed by atoms with E-state index in [1.54, 1.807) is 7.11 Å². The van der Waals surface area contributed by atoms with E-state index in [9.17, 15) is 0 Å². The fourth-order valence-electron chi connectivity index (χ4n) is 3.37. The molecule has 0 N–H and O–H groups in total. The highest BCUT2D eigenvalue weighted by Gasteiger charge is 2.22. The standard InChI is InChI=1S/C21H22N2O2/c1-24-20-7-6-17-11-19(5-4-18(17)12-20)21-15-23(9-10-25-21)14-16-3-2-8-22-13-16/h2-8,11-13,21H,9-10,14-15H2,1H3/t21-/m0/s1. The Morgan fingerprint density at radius 2 is 2.04 bits per heavy atom. The predicted octanol–water partition coefficient (Wildman–Crippen LogP) is 3.82. The van der Waals surface area contributed by atoms with E-state index in [0.29, 0.717) is 0 Å². The molecule has 0 amide bonds. The average molecular weight is 334 g/mol. The first-order valence-corrected chi connectivity index (χ1v) is 8.62. The van der Waals surface area contributed by atoms with Crippen LogP contribution >= 0.6 is 0 Å². The van der Waals surface area contributed by atoms with Crippen molar-refractivity contribution in [3.05, 3.63) is 72.1 Å². The molecule has 4 nitrogen and oxygen atoms in total. The maximum atomic E-state index is 6.04. The van der Waals surface area contributed by atoms with Gasteiger partial charge in [0.1, 0.15) is 5.75 Å². The molecule has 128 valence electrons.